The van der Waals surface area contributed by atoms with Crippen molar-refractivity contribution in [2.24, 2.45) is 0 Å². The van der Waals surface area contributed by atoms with Crippen molar-refractivity contribution in [3.8, 4) is 11.1 Å². The number of piperazine rings is 1. The molecular weight excluding hydrogens is 419 g/mol. The Hall–Kier alpha value is -3.58. The van der Waals surface area contributed by atoms with Gasteiger partial charge in [0.15, 0.2) is 0 Å². The van der Waals surface area contributed by atoms with Gasteiger partial charge < -0.3 is 9.80 Å². The molecule has 2 aliphatic rings. The summed E-state index contributed by atoms with van der Waals surface area (Å²) < 4.78 is 13.4. The van der Waals surface area contributed by atoms with Crippen molar-refractivity contribution >= 4 is 11.8 Å². The molecule has 0 N–H and O–H groups in total. The second-order valence-electron chi connectivity index (χ2n) is 8.50. The van der Waals surface area contributed by atoms with Crippen molar-refractivity contribution in [3.05, 3.63) is 90.0 Å². The van der Waals surface area contributed by atoms with Crippen molar-refractivity contribution in [1.82, 2.24) is 19.7 Å². The van der Waals surface area contributed by atoms with E-state index in [1.165, 1.54) is 12.3 Å². The first-order chi connectivity index (χ1) is 16.1. The zero-order valence-electron chi connectivity index (χ0n) is 18.2. The van der Waals surface area contributed by atoms with Gasteiger partial charge in [-0.1, -0.05) is 30.3 Å². The average molecular weight is 445 g/mol. The highest BCUT2D eigenvalue weighted by atomic mass is 19.1. The number of nitrogens with zero attached hydrogens (tertiary/aromatic N) is 4. The Kier molecular flexibility index (Phi) is 5.88. The number of aromatic nitrogens is 1. The van der Waals surface area contributed by atoms with Gasteiger partial charge in [0, 0.05) is 68.7 Å². The van der Waals surface area contributed by atoms with Gasteiger partial charge in [-0.15, -0.1) is 0 Å². The van der Waals surface area contributed by atoms with E-state index in [-0.39, 0.29) is 11.8 Å². The van der Waals surface area contributed by atoms with E-state index in [1.54, 1.807) is 18.2 Å². The van der Waals surface area contributed by atoms with E-state index < -0.39 is 5.95 Å². The number of hydrogen-bond acceptors (Lipinski definition) is 4. The van der Waals surface area contributed by atoms with Gasteiger partial charge in [-0.3, -0.25) is 14.5 Å². The molecule has 0 bridgehead atoms. The quantitative estimate of drug-likeness (QED) is 0.580. The fraction of sp³-hybridized carbons (Fsp3) is 0.269. The first kappa shape index (κ1) is 21.3. The summed E-state index contributed by atoms with van der Waals surface area (Å²) in [6, 6.07) is 20.1. The molecule has 168 valence electrons. The molecule has 3 heterocycles. The average Bonchev–Trinajstić information content (AvgIpc) is 2.84. The van der Waals surface area contributed by atoms with Crippen molar-refractivity contribution in [1.29, 1.82) is 0 Å². The first-order valence-electron chi connectivity index (χ1n) is 11.2. The SMILES string of the molecule is O=C(c1ccccc1)N1CCN(C2CN(C(=O)c3ccc(-c4ccnc(F)c4)cc3)C2)CC1. The lowest BCUT2D eigenvalue weighted by Crippen LogP contribution is -2.64. The Morgan fingerprint density at radius 2 is 1.39 bits per heavy atom. The number of amides is 2. The van der Waals surface area contributed by atoms with Gasteiger partial charge in [-0.25, -0.2) is 4.98 Å². The number of rotatable bonds is 4. The molecule has 3 aromatic rings. The summed E-state index contributed by atoms with van der Waals surface area (Å²) in [5.41, 5.74) is 2.93. The summed E-state index contributed by atoms with van der Waals surface area (Å²) in [5.74, 6) is -0.431. The number of benzene rings is 2. The van der Waals surface area contributed by atoms with Crippen LogP contribution in [-0.2, 0) is 0 Å². The van der Waals surface area contributed by atoms with Crippen molar-refractivity contribution in [2.45, 2.75) is 6.04 Å². The van der Waals surface area contributed by atoms with Crippen molar-refractivity contribution < 1.29 is 14.0 Å². The number of halogens is 1. The fourth-order valence-electron chi connectivity index (χ4n) is 4.48. The number of carbonyl (C=O) groups excluding carboxylic acids is 2. The van der Waals surface area contributed by atoms with Crippen molar-refractivity contribution in [2.75, 3.05) is 39.3 Å². The summed E-state index contributed by atoms with van der Waals surface area (Å²) in [6.07, 6.45) is 1.43. The Morgan fingerprint density at radius 1 is 0.758 bits per heavy atom. The molecule has 1 aromatic heterocycles. The molecule has 5 rings (SSSR count). The molecule has 0 spiro atoms. The predicted octanol–water partition coefficient (Wildman–Crippen LogP) is 3.17. The maximum atomic E-state index is 13.4. The molecular formula is C26H25FN4O2. The third-order valence-corrected chi connectivity index (χ3v) is 6.48. The monoisotopic (exact) mass is 444 g/mol. The highest BCUT2D eigenvalue weighted by Crippen LogP contribution is 2.23. The summed E-state index contributed by atoms with van der Waals surface area (Å²) >= 11 is 0. The van der Waals surface area contributed by atoms with Crippen LogP contribution in [0, 0.1) is 5.95 Å². The van der Waals surface area contributed by atoms with E-state index in [1.807, 2.05) is 52.3 Å². The Balaban J connectivity index is 1.12. The highest BCUT2D eigenvalue weighted by molar-refractivity contribution is 5.95. The van der Waals surface area contributed by atoms with Crippen LogP contribution in [0.2, 0.25) is 0 Å². The Bertz CT molecular complexity index is 1140. The molecule has 0 atom stereocenters. The molecule has 2 aromatic carbocycles. The summed E-state index contributed by atoms with van der Waals surface area (Å²) in [6.45, 7) is 4.45. The van der Waals surface area contributed by atoms with Crippen LogP contribution < -0.4 is 0 Å². The summed E-state index contributed by atoms with van der Waals surface area (Å²) in [5, 5.41) is 0. The minimum Gasteiger partial charge on any atom is -0.336 e. The van der Waals surface area contributed by atoms with Gasteiger partial charge in [0.05, 0.1) is 0 Å². The van der Waals surface area contributed by atoms with Gasteiger partial charge in [0.1, 0.15) is 0 Å². The van der Waals surface area contributed by atoms with E-state index in [9.17, 15) is 14.0 Å². The molecule has 6 nitrogen and oxygen atoms in total. The third kappa shape index (κ3) is 4.50. The summed E-state index contributed by atoms with van der Waals surface area (Å²) in [4.78, 5) is 35.2. The smallest absolute Gasteiger partial charge is 0.253 e. The van der Waals surface area contributed by atoms with E-state index in [0.29, 0.717) is 37.8 Å². The zero-order chi connectivity index (χ0) is 22.8. The van der Waals surface area contributed by atoms with Gasteiger partial charge in [0.25, 0.3) is 11.8 Å². The maximum absolute atomic E-state index is 13.4. The number of hydrogen-bond donors (Lipinski definition) is 0. The van der Waals surface area contributed by atoms with Crippen LogP contribution in [0.3, 0.4) is 0 Å². The lowest BCUT2D eigenvalue weighted by atomic mass is 10.0. The normalized spacial score (nSPS) is 17.0. The minimum absolute atomic E-state index is 0.0107. The molecule has 0 radical (unpaired) electrons. The van der Waals surface area contributed by atoms with Crippen LogP contribution in [0.15, 0.2) is 72.9 Å². The number of carbonyl (C=O) groups is 2. The Labute approximate surface area is 192 Å². The molecule has 33 heavy (non-hydrogen) atoms. The lowest BCUT2D eigenvalue weighted by molar-refractivity contribution is 0.00854. The third-order valence-electron chi connectivity index (χ3n) is 6.48. The van der Waals surface area contributed by atoms with Gasteiger partial charge in [0.2, 0.25) is 5.95 Å². The van der Waals surface area contributed by atoms with Crippen LogP contribution in [0.5, 0.6) is 0 Å². The molecule has 0 unspecified atom stereocenters. The molecule has 0 saturated carbocycles. The molecule has 2 fully saturated rings. The summed E-state index contributed by atoms with van der Waals surface area (Å²) in [7, 11) is 0. The number of pyridine rings is 1. The van der Waals surface area contributed by atoms with Gasteiger partial charge >= 0.3 is 0 Å². The van der Waals surface area contributed by atoms with Crippen LogP contribution in [-0.4, -0.2) is 76.8 Å². The second-order valence-corrected chi connectivity index (χ2v) is 8.50. The lowest BCUT2D eigenvalue weighted by Gasteiger charge is -2.48. The van der Waals surface area contributed by atoms with Crippen LogP contribution in [0.25, 0.3) is 11.1 Å². The minimum atomic E-state index is -0.524. The van der Waals surface area contributed by atoms with Crippen LogP contribution >= 0.6 is 0 Å². The van der Waals surface area contributed by atoms with E-state index >= 15 is 0 Å². The molecule has 2 saturated heterocycles. The van der Waals surface area contributed by atoms with Gasteiger partial charge in [-0.2, -0.15) is 4.39 Å². The zero-order valence-corrected chi connectivity index (χ0v) is 18.2. The number of likely N-dealkylation sites (tertiary alicyclic amines) is 1. The standard InChI is InChI=1S/C26H25FN4O2/c27-24-16-22(10-11-28-24)19-6-8-21(9-7-19)26(33)31-17-23(18-31)29-12-14-30(15-13-29)25(32)20-4-2-1-3-5-20/h1-11,16,23H,12-15,17-18H2. The molecule has 7 heteroatoms. The van der Waals surface area contributed by atoms with E-state index in [2.05, 4.69) is 9.88 Å². The first-order valence-corrected chi connectivity index (χ1v) is 11.2. The Morgan fingerprint density at radius 3 is 2.06 bits per heavy atom. The predicted molar refractivity (Wildman–Crippen MR) is 123 cm³/mol. The topological polar surface area (TPSA) is 56.8 Å². The molecule has 2 amide bonds. The van der Waals surface area contributed by atoms with E-state index in [4.69, 9.17) is 0 Å². The fourth-order valence-corrected chi connectivity index (χ4v) is 4.48. The van der Waals surface area contributed by atoms with Crippen LogP contribution in [0.4, 0.5) is 4.39 Å². The van der Waals surface area contributed by atoms with Gasteiger partial charge in [-0.05, 0) is 41.5 Å². The largest absolute Gasteiger partial charge is 0.336 e. The second kappa shape index (κ2) is 9.11. The van der Waals surface area contributed by atoms with E-state index in [0.717, 1.165) is 29.8 Å². The maximum Gasteiger partial charge on any atom is 0.253 e. The van der Waals surface area contributed by atoms with Crippen molar-refractivity contribution in [3.63, 3.8) is 0 Å². The molecule has 0 aliphatic carbocycles. The molecule has 2 aliphatic heterocycles. The van der Waals surface area contributed by atoms with Crippen LogP contribution in [0.1, 0.15) is 20.7 Å². The highest BCUT2D eigenvalue weighted by Gasteiger charge is 2.37.